The number of allylic oxidation sites excluding steroid dienone is 12. The highest BCUT2D eigenvalue weighted by Gasteiger charge is 2.19. The highest BCUT2D eigenvalue weighted by Crippen LogP contribution is 2.14. The van der Waals surface area contributed by atoms with Crippen molar-refractivity contribution in [3.05, 3.63) is 72.9 Å². The van der Waals surface area contributed by atoms with E-state index < -0.39 is 6.10 Å². The Morgan fingerprint density at radius 2 is 0.650 bits per heavy atom. The Morgan fingerprint density at radius 3 is 1.07 bits per heavy atom. The number of carbonyl (C=O) groups excluding carboxylic acids is 3. The van der Waals surface area contributed by atoms with Crippen LogP contribution < -0.4 is 0 Å². The summed E-state index contributed by atoms with van der Waals surface area (Å²) in [6.45, 7) is 6.49. The molecule has 1 atom stereocenters. The van der Waals surface area contributed by atoms with Crippen molar-refractivity contribution in [3.63, 3.8) is 0 Å². The van der Waals surface area contributed by atoms with Crippen molar-refractivity contribution in [2.75, 3.05) is 13.2 Å². The van der Waals surface area contributed by atoms with Crippen molar-refractivity contribution in [3.8, 4) is 0 Å². The molecule has 1 unspecified atom stereocenters. The molecule has 0 amide bonds. The van der Waals surface area contributed by atoms with Crippen LogP contribution in [0, 0.1) is 0 Å². The molecule has 0 aromatic rings. The van der Waals surface area contributed by atoms with E-state index in [0.29, 0.717) is 19.3 Å². The van der Waals surface area contributed by atoms with Gasteiger partial charge in [0.05, 0.1) is 0 Å². The molecular weight excluding hydrogens is 745 g/mol. The second kappa shape index (κ2) is 48.5. The average Bonchev–Trinajstić information content (AvgIpc) is 3.24. The summed E-state index contributed by atoms with van der Waals surface area (Å²) < 4.78 is 16.7. The largest absolute Gasteiger partial charge is 0.462 e. The van der Waals surface area contributed by atoms with Gasteiger partial charge in [-0.05, 0) is 64.2 Å². The van der Waals surface area contributed by atoms with Crippen molar-refractivity contribution in [2.45, 2.75) is 239 Å². The molecule has 0 N–H and O–H groups in total. The Hall–Kier alpha value is -3.15. The molecule has 0 aliphatic carbocycles. The summed E-state index contributed by atoms with van der Waals surface area (Å²) in [7, 11) is 0. The molecule has 0 fully saturated rings. The van der Waals surface area contributed by atoms with E-state index in [1.165, 1.54) is 96.3 Å². The van der Waals surface area contributed by atoms with Gasteiger partial charge in [-0.1, -0.05) is 222 Å². The fourth-order valence-corrected chi connectivity index (χ4v) is 6.76. The minimum Gasteiger partial charge on any atom is -0.462 e. The number of unbranched alkanes of at least 4 members (excludes halogenated alkanes) is 25. The summed E-state index contributed by atoms with van der Waals surface area (Å²) in [6.07, 6.45) is 60.2. The van der Waals surface area contributed by atoms with Gasteiger partial charge in [0.1, 0.15) is 13.2 Å². The first-order valence-electron chi connectivity index (χ1n) is 25.0. The van der Waals surface area contributed by atoms with E-state index in [2.05, 4.69) is 69.4 Å². The maximum absolute atomic E-state index is 12.8. The molecule has 0 heterocycles. The Kier molecular flexibility index (Phi) is 46.0. The Morgan fingerprint density at radius 1 is 0.333 bits per heavy atom. The summed E-state index contributed by atoms with van der Waals surface area (Å²) in [5.74, 6) is -0.932. The van der Waals surface area contributed by atoms with Crippen LogP contribution in [0.3, 0.4) is 0 Å². The van der Waals surface area contributed by atoms with Crippen LogP contribution in [0.15, 0.2) is 72.9 Å². The molecule has 0 aliphatic rings. The number of hydrogen-bond donors (Lipinski definition) is 0. The van der Waals surface area contributed by atoms with Crippen molar-refractivity contribution < 1.29 is 28.6 Å². The van der Waals surface area contributed by atoms with Gasteiger partial charge in [-0.2, -0.15) is 0 Å². The molecule has 0 saturated carbocycles. The van der Waals surface area contributed by atoms with Crippen LogP contribution in [-0.4, -0.2) is 37.2 Å². The SMILES string of the molecule is CCC\C=C/C=C\C=C/C=C\C=C/CCCCCCCC(=O)OCC(COC(=O)CCCCCCCCCCCC)OC(=O)CCCCC/C=C\CCCCCCCCC. The monoisotopic (exact) mass is 837 g/mol. The van der Waals surface area contributed by atoms with Gasteiger partial charge >= 0.3 is 17.9 Å². The summed E-state index contributed by atoms with van der Waals surface area (Å²) in [5.41, 5.74) is 0. The molecular formula is C54H92O6. The highest BCUT2D eigenvalue weighted by molar-refractivity contribution is 5.71. The fraction of sp³-hybridized carbons (Fsp3) is 0.722. The fourth-order valence-electron chi connectivity index (χ4n) is 6.76. The lowest BCUT2D eigenvalue weighted by Crippen LogP contribution is -2.30. The number of carbonyl (C=O) groups is 3. The van der Waals surface area contributed by atoms with Crippen molar-refractivity contribution >= 4 is 17.9 Å². The number of ether oxygens (including phenoxy) is 3. The van der Waals surface area contributed by atoms with E-state index in [4.69, 9.17) is 14.2 Å². The standard InChI is InChI=1S/C54H92O6/c1-4-7-10-13-16-19-22-24-26-27-28-29-31-32-35-38-41-44-47-53(56)59-50-51(49-58-52(55)46-43-40-37-34-21-18-15-12-9-6-3)60-54(57)48-45-42-39-36-33-30-25-23-20-17-14-11-8-5-2/h10,13,16,19,22,24,26-30,33,51H,4-9,11-12,14-15,17-18,20-21,23,25,31-32,34-50H2,1-3H3/b13-10-,19-16-,24-22-,27-26-,29-28-,33-30-. The van der Waals surface area contributed by atoms with E-state index >= 15 is 0 Å². The Labute approximate surface area is 370 Å². The zero-order chi connectivity index (χ0) is 43.7. The smallest absolute Gasteiger partial charge is 0.306 e. The molecule has 0 aliphatic heterocycles. The topological polar surface area (TPSA) is 78.9 Å². The molecule has 0 rings (SSSR count). The van der Waals surface area contributed by atoms with Crippen LogP contribution in [0.4, 0.5) is 0 Å². The quantitative estimate of drug-likeness (QED) is 0.0200. The molecule has 0 saturated heterocycles. The number of rotatable bonds is 44. The van der Waals surface area contributed by atoms with E-state index in [1.807, 2.05) is 24.3 Å². The van der Waals surface area contributed by atoms with Crippen molar-refractivity contribution in [2.24, 2.45) is 0 Å². The number of esters is 3. The van der Waals surface area contributed by atoms with E-state index in [9.17, 15) is 14.4 Å². The molecule has 6 nitrogen and oxygen atoms in total. The van der Waals surface area contributed by atoms with Gasteiger partial charge in [0.2, 0.25) is 0 Å². The van der Waals surface area contributed by atoms with Gasteiger partial charge in [0, 0.05) is 19.3 Å². The molecule has 6 heteroatoms. The molecule has 0 spiro atoms. The lowest BCUT2D eigenvalue weighted by atomic mass is 10.1. The Bertz CT molecular complexity index is 1140. The predicted molar refractivity (Wildman–Crippen MR) is 256 cm³/mol. The summed E-state index contributed by atoms with van der Waals surface area (Å²) in [5, 5.41) is 0. The normalized spacial score (nSPS) is 12.7. The maximum Gasteiger partial charge on any atom is 0.306 e. The van der Waals surface area contributed by atoms with Crippen LogP contribution in [0.2, 0.25) is 0 Å². The summed E-state index contributed by atoms with van der Waals surface area (Å²) in [6, 6.07) is 0. The molecule has 60 heavy (non-hydrogen) atoms. The molecule has 0 aromatic heterocycles. The second-order valence-corrected chi connectivity index (χ2v) is 16.5. The van der Waals surface area contributed by atoms with Gasteiger partial charge < -0.3 is 14.2 Å². The maximum atomic E-state index is 12.8. The van der Waals surface area contributed by atoms with Crippen LogP contribution in [-0.2, 0) is 28.6 Å². The first-order valence-corrected chi connectivity index (χ1v) is 25.0. The lowest BCUT2D eigenvalue weighted by Gasteiger charge is -2.18. The third kappa shape index (κ3) is 45.9. The molecule has 0 bridgehead atoms. The van der Waals surface area contributed by atoms with Gasteiger partial charge in [-0.3, -0.25) is 14.4 Å². The van der Waals surface area contributed by atoms with Crippen molar-refractivity contribution in [1.82, 2.24) is 0 Å². The summed E-state index contributed by atoms with van der Waals surface area (Å²) in [4.78, 5) is 37.9. The molecule has 0 aromatic carbocycles. The first kappa shape index (κ1) is 56.9. The zero-order valence-corrected chi connectivity index (χ0v) is 39.2. The van der Waals surface area contributed by atoms with Crippen LogP contribution in [0.5, 0.6) is 0 Å². The Balaban J connectivity index is 4.43. The molecule has 344 valence electrons. The second-order valence-electron chi connectivity index (χ2n) is 16.5. The number of hydrogen-bond acceptors (Lipinski definition) is 6. The highest BCUT2D eigenvalue weighted by atomic mass is 16.6. The average molecular weight is 837 g/mol. The minimum atomic E-state index is -0.791. The van der Waals surface area contributed by atoms with Gasteiger partial charge in [-0.25, -0.2) is 0 Å². The van der Waals surface area contributed by atoms with Gasteiger partial charge in [0.15, 0.2) is 6.10 Å². The van der Waals surface area contributed by atoms with E-state index in [1.54, 1.807) is 0 Å². The van der Waals surface area contributed by atoms with Crippen LogP contribution in [0.1, 0.15) is 233 Å². The predicted octanol–water partition coefficient (Wildman–Crippen LogP) is 16.3. The third-order valence-electron chi connectivity index (χ3n) is 10.5. The van der Waals surface area contributed by atoms with Crippen molar-refractivity contribution in [1.29, 1.82) is 0 Å². The van der Waals surface area contributed by atoms with Gasteiger partial charge in [0.25, 0.3) is 0 Å². The van der Waals surface area contributed by atoms with Crippen LogP contribution in [0.25, 0.3) is 0 Å². The van der Waals surface area contributed by atoms with Gasteiger partial charge in [-0.15, -0.1) is 0 Å². The zero-order valence-electron chi connectivity index (χ0n) is 39.2. The molecule has 0 radical (unpaired) electrons. The minimum absolute atomic E-state index is 0.0888. The third-order valence-corrected chi connectivity index (χ3v) is 10.5. The van der Waals surface area contributed by atoms with E-state index in [0.717, 1.165) is 96.3 Å². The van der Waals surface area contributed by atoms with E-state index in [-0.39, 0.29) is 31.1 Å². The lowest BCUT2D eigenvalue weighted by molar-refractivity contribution is -0.167. The first-order chi connectivity index (χ1) is 29.5. The van der Waals surface area contributed by atoms with Crippen LogP contribution >= 0.6 is 0 Å². The summed E-state index contributed by atoms with van der Waals surface area (Å²) >= 11 is 0.